The van der Waals surface area contributed by atoms with Gasteiger partial charge in [0.05, 0.1) is 11.3 Å². The molecule has 104 valence electrons. The van der Waals surface area contributed by atoms with Crippen molar-refractivity contribution in [2.24, 2.45) is 7.05 Å². The van der Waals surface area contributed by atoms with Crippen molar-refractivity contribution in [3.63, 3.8) is 0 Å². The van der Waals surface area contributed by atoms with E-state index in [1.807, 2.05) is 25.4 Å². The summed E-state index contributed by atoms with van der Waals surface area (Å²) >= 11 is 0. The zero-order chi connectivity index (χ0) is 14.8. The first-order chi connectivity index (χ1) is 10.2. The third-order valence-electron chi connectivity index (χ3n) is 3.33. The van der Waals surface area contributed by atoms with Gasteiger partial charge in [0.2, 0.25) is 5.69 Å². The second-order valence-electron chi connectivity index (χ2n) is 4.72. The second kappa shape index (κ2) is 5.40. The molecule has 0 radical (unpaired) electrons. The first kappa shape index (κ1) is 13.4. The van der Waals surface area contributed by atoms with E-state index in [1.54, 1.807) is 35.0 Å². The Morgan fingerprint density at radius 1 is 0.905 bits per heavy atom. The van der Waals surface area contributed by atoms with Crippen LogP contribution in [-0.2, 0) is 7.05 Å². The van der Waals surface area contributed by atoms with Crippen LogP contribution in [0.3, 0.4) is 0 Å². The molecular weight excluding hydrogens is 270 g/mol. The van der Waals surface area contributed by atoms with Crippen molar-refractivity contribution in [3.8, 4) is 22.5 Å². The minimum absolute atomic E-state index is 0.288. The van der Waals surface area contributed by atoms with E-state index >= 15 is 0 Å². The van der Waals surface area contributed by atoms with Crippen LogP contribution in [-0.4, -0.2) is 4.98 Å². The largest absolute Gasteiger partial charge is 0.256 e. The van der Waals surface area contributed by atoms with E-state index in [0.29, 0.717) is 17.0 Å². The molecule has 0 unspecified atom stereocenters. The van der Waals surface area contributed by atoms with Crippen molar-refractivity contribution in [1.29, 1.82) is 0 Å². The molecule has 0 bridgehead atoms. The number of halogens is 2. The molecule has 3 aromatic rings. The fraction of sp³-hybridized carbons (Fsp3) is 0.0588. The topological polar surface area (TPSA) is 16.8 Å². The highest BCUT2D eigenvalue weighted by molar-refractivity contribution is 5.69. The Kier molecular flexibility index (Phi) is 3.44. The zero-order valence-electron chi connectivity index (χ0n) is 11.4. The van der Waals surface area contributed by atoms with E-state index in [-0.39, 0.29) is 5.56 Å². The summed E-state index contributed by atoms with van der Waals surface area (Å²) < 4.78 is 30.0. The Morgan fingerprint density at radius 3 is 2.38 bits per heavy atom. The van der Waals surface area contributed by atoms with Crippen LogP contribution in [0.4, 0.5) is 8.78 Å². The normalized spacial score (nSPS) is 10.6. The van der Waals surface area contributed by atoms with Gasteiger partial charge >= 0.3 is 0 Å². The molecule has 0 spiro atoms. The Morgan fingerprint density at radius 2 is 1.67 bits per heavy atom. The summed E-state index contributed by atoms with van der Waals surface area (Å²) in [6.45, 7) is 0. The zero-order valence-corrected chi connectivity index (χ0v) is 11.4. The second-order valence-corrected chi connectivity index (χ2v) is 4.72. The third kappa shape index (κ3) is 2.52. The average molecular weight is 283 g/mol. The summed E-state index contributed by atoms with van der Waals surface area (Å²) in [4.78, 5) is 4.13. The molecule has 1 aromatic carbocycles. The number of aromatic nitrogens is 2. The monoisotopic (exact) mass is 283 g/mol. The molecule has 2 aromatic heterocycles. The van der Waals surface area contributed by atoms with E-state index in [2.05, 4.69) is 4.98 Å². The molecule has 0 saturated carbocycles. The fourth-order valence-corrected chi connectivity index (χ4v) is 2.27. The molecule has 2 nitrogen and oxygen atoms in total. The van der Waals surface area contributed by atoms with E-state index in [9.17, 15) is 8.78 Å². The number of rotatable bonds is 2. The highest BCUT2D eigenvalue weighted by Gasteiger charge is 2.18. The van der Waals surface area contributed by atoms with Crippen LogP contribution in [0.5, 0.6) is 0 Å². The average Bonchev–Trinajstić information content (AvgIpc) is 2.49. The van der Waals surface area contributed by atoms with Crippen LogP contribution in [0, 0.1) is 11.6 Å². The smallest absolute Gasteiger partial charge is 0.215 e. The maximum atomic E-state index is 14.1. The molecular formula is C17H13F2N2+. The van der Waals surface area contributed by atoms with Gasteiger partial charge in [-0.2, -0.15) is 0 Å². The summed E-state index contributed by atoms with van der Waals surface area (Å²) in [5.74, 6) is -1.21. The van der Waals surface area contributed by atoms with Crippen molar-refractivity contribution in [2.75, 3.05) is 0 Å². The lowest BCUT2D eigenvalue weighted by atomic mass is 10.0. The van der Waals surface area contributed by atoms with Crippen molar-refractivity contribution < 1.29 is 13.3 Å². The minimum Gasteiger partial charge on any atom is -0.256 e. The highest BCUT2D eigenvalue weighted by Crippen LogP contribution is 2.28. The van der Waals surface area contributed by atoms with Gasteiger partial charge in [-0.25, -0.2) is 13.3 Å². The fourth-order valence-electron chi connectivity index (χ4n) is 2.27. The van der Waals surface area contributed by atoms with Gasteiger partial charge in [-0.05, 0) is 24.3 Å². The molecule has 2 heterocycles. The number of hydrogen-bond donors (Lipinski definition) is 0. The van der Waals surface area contributed by atoms with Gasteiger partial charge in [-0.1, -0.05) is 6.07 Å². The summed E-state index contributed by atoms with van der Waals surface area (Å²) in [5.41, 5.74) is 1.79. The molecule has 0 aliphatic rings. The number of hydrogen-bond acceptors (Lipinski definition) is 1. The molecule has 0 atom stereocenters. The minimum atomic E-state index is -0.617. The Labute approximate surface area is 121 Å². The maximum Gasteiger partial charge on any atom is 0.215 e. The van der Waals surface area contributed by atoms with Gasteiger partial charge in [-0.3, -0.25) is 4.98 Å². The molecule has 3 rings (SSSR count). The maximum absolute atomic E-state index is 14.1. The third-order valence-corrected chi connectivity index (χ3v) is 3.33. The Balaban J connectivity index is 2.22. The quantitative estimate of drug-likeness (QED) is 0.658. The molecule has 0 saturated heterocycles. The van der Waals surface area contributed by atoms with Crippen molar-refractivity contribution in [2.45, 2.75) is 0 Å². The molecule has 0 fully saturated rings. The lowest BCUT2D eigenvalue weighted by Crippen LogP contribution is -2.30. The predicted octanol–water partition coefficient (Wildman–Crippen LogP) is 3.52. The summed E-state index contributed by atoms with van der Waals surface area (Å²) in [5, 5.41) is 0. The SMILES string of the molecule is C[n+]1ccccc1-c1cc(-c2ccccn2)c(F)cc1F. The summed E-state index contributed by atoms with van der Waals surface area (Å²) in [7, 11) is 1.82. The lowest BCUT2D eigenvalue weighted by molar-refractivity contribution is -0.660. The van der Waals surface area contributed by atoms with E-state index in [4.69, 9.17) is 0 Å². The Bertz CT molecular complexity index is 786. The van der Waals surface area contributed by atoms with Crippen LogP contribution in [0.2, 0.25) is 0 Å². The van der Waals surface area contributed by atoms with Crippen LogP contribution in [0.1, 0.15) is 0 Å². The van der Waals surface area contributed by atoms with E-state index < -0.39 is 11.6 Å². The van der Waals surface area contributed by atoms with Gasteiger partial charge in [0, 0.05) is 30.0 Å². The summed E-state index contributed by atoms with van der Waals surface area (Å²) in [6.07, 6.45) is 3.40. The molecule has 0 aliphatic heterocycles. The van der Waals surface area contributed by atoms with Crippen LogP contribution < -0.4 is 4.57 Å². The molecule has 21 heavy (non-hydrogen) atoms. The molecule has 0 amide bonds. The molecule has 4 heteroatoms. The van der Waals surface area contributed by atoms with Crippen LogP contribution >= 0.6 is 0 Å². The van der Waals surface area contributed by atoms with Crippen molar-refractivity contribution in [3.05, 3.63) is 72.6 Å². The van der Waals surface area contributed by atoms with Gasteiger partial charge in [0.25, 0.3) is 0 Å². The highest BCUT2D eigenvalue weighted by atomic mass is 19.1. The van der Waals surface area contributed by atoms with E-state index in [0.717, 1.165) is 6.07 Å². The first-order valence-electron chi connectivity index (χ1n) is 6.52. The van der Waals surface area contributed by atoms with Crippen molar-refractivity contribution in [1.82, 2.24) is 4.98 Å². The number of nitrogens with zero attached hydrogens (tertiary/aromatic N) is 2. The van der Waals surface area contributed by atoms with Gasteiger partial charge in [0.1, 0.15) is 18.7 Å². The predicted molar refractivity (Wildman–Crippen MR) is 76.2 cm³/mol. The molecule has 0 aliphatic carbocycles. The van der Waals surface area contributed by atoms with Gasteiger partial charge < -0.3 is 0 Å². The van der Waals surface area contributed by atoms with Crippen molar-refractivity contribution >= 4 is 0 Å². The Hall–Kier alpha value is -2.62. The van der Waals surface area contributed by atoms with Gasteiger partial charge in [0.15, 0.2) is 6.20 Å². The number of pyridine rings is 2. The van der Waals surface area contributed by atoms with Gasteiger partial charge in [-0.15, -0.1) is 0 Å². The molecule has 0 N–H and O–H groups in total. The van der Waals surface area contributed by atoms with E-state index in [1.165, 1.54) is 6.07 Å². The standard InChI is InChI=1S/C17H13F2N2/c1-21-9-5-3-7-17(21)13-10-12(14(18)11-15(13)19)16-6-2-4-8-20-16/h2-11H,1H3/q+1. The number of benzene rings is 1. The van der Waals surface area contributed by atoms with Crippen LogP contribution in [0.25, 0.3) is 22.5 Å². The first-order valence-corrected chi connectivity index (χ1v) is 6.52. The number of aryl methyl sites for hydroxylation is 1. The summed E-state index contributed by atoms with van der Waals surface area (Å²) in [6, 6.07) is 13.1. The lowest BCUT2D eigenvalue weighted by Gasteiger charge is -2.07. The van der Waals surface area contributed by atoms with Crippen LogP contribution in [0.15, 0.2) is 60.9 Å².